The third-order valence-corrected chi connectivity index (χ3v) is 5.15. The molecule has 1 saturated heterocycles. The molecule has 1 aromatic carbocycles. The number of hydrazine groups is 1. The first-order valence-corrected chi connectivity index (χ1v) is 8.63. The Morgan fingerprint density at radius 3 is 2.46 bits per heavy atom. The highest BCUT2D eigenvalue weighted by Crippen LogP contribution is 2.31. The van der Waals surface area contributed by atoms with E-state index in [9.17, 15) is 14.4 Å². The van der Waals surface area contributed by atoms with E-state index in [4.69, 9.17) is 0 Å². The molecule has 126 valence electrons. The van der Waals surface area contributed by atoms with Crippen molar-refractivity contribution in [1.29, 1.82) is 0 Å². The van der Waals surface area contributed by atoms with Gasteiger partial charge in [0.2, 0.25) is 17.7 Å². The number of carbonyl (C=O) groups is 3. The molecule has 1 atom stereocenters. The average Bonchev–Trinajstić information content (AvgIpc) is 3.20. The van der Waals surface area contributed by atoms with Crippen LogP contribution >= 0.6 is 0 Å². The summed E-state index contributed by atoms with van der Waals surface area (Å²) in [7, 11) is 0. The highest BCUT2D eigenvalue weighted by molar-refractivity contribution is 6.00. The van der Waals surface area contributed by atoms with Crippen molar-refractivity contribution in [1.82, 2.24) is 10.9 Å². The molecule has 24 heavy (non-hydrogen) atoms. The van der Waals surface area contributed by atoms with Crippen LogP contribution in [0.3, 0.4) is 0 Å². The molecule has 6 heteroatoms. The number of rotatable bonds is 3. The lowest BCUT2D eigenvalue weighted by Crippen LogP contribution is -2.45. The van der Waals surface area contributed by atoms with E-state index in [0.717, 1.165) is 31.4 Å². The SMILES string of the molecule is O=C(NNC(=O)[C@H]1CC(=O)N(c2ccc3c(c2)CCC3)C1)C1CC1. The second kappa shape index (κ2) is 5.92. The van der Waals surface area contributed by atoms with E-state index in [1.165, 1.54) is 17.5 Å². The second-order valence-electron chi connectivity index (χ2n) is 6.96. The van der Waals surface area contributed by atoms with Crippen LogP contribution in [0, 0.1) is 11.8 Å². The third-order valence-electron chi connectivity index (χ3n) is 5.15. The van der Waals surface area contributed by atoms with Gasteiger partial charge in [-0.05, 0) is 55.4 Å². The lowest BCUT2D eigenvalue weighted by molar-refractivity contribution is -0.131. The molecule has 3 amide bonds. The number of nitrogens with one attached hydrogen (secondary N) is 2. The van der Waals surface area contributed by atoms with Crippen molar-refractivity contribution >= 4 is 23.4 Å². The zero-order chi connectivity index (χ0) is 16.7. The van der Waals surface area contributed by atoms with Crippen LogP contribution in [0.5, 0.6) is 0 Å². The van der Waals surface area contributed by atoms with Gasteiger partial charge < -0.3 is 4.90 Å². The molecule has 2 fully saturated rings. The Balaban J connectivity index is 1.39. The molecule has 0 aromatic heterocycles. The van der Waals surface area contributed by atoms with Crippen LogP contribution in [0.15, 0.2) is 18.2 Å². The van der Waals surface area contributed by atoms with E-state index in [-0.39, 0.29) is 30.1 Å². The number of hydrogen-bond donors (Lipinski definition) is 2. The maximum absolute atomic E-state index is 12.3. The van der Waals surface area contributed by atoms with Crippen molar-refractivity contribution in [3.05, 3.63) is 29.3 Å². The maximum Gasteiger partial charge on any atom is 0.243 e. The van der Waals surface area contributed by atoms with Gasteiger partial charge in [0.25, 0.3) is 0 Å². The molecule has 3 aliphatic rings. The monoisotopic (exact) mass is 327 g/mol. The number of aryl methyl sites for hydroxylation is 2. The Labute approximate surface area is 140 Å². The summed E-state index contributed by atoms with van der Waals surface area (Å²) in [6.45, 7) is 0.364. The number of nitrogens with zero attached hydrogens (tertiary/aromatic N) is 1. The molecule has 1 heterocycles. The first-order valence-electron chi connectivity index (χ1n) is 8.63. The largest absolute Gasteiger partial charge is 0.312 e. The normalized spacial score (nSPS) is 22.4. The van der Waals surface area contributed by atoms with Crippen molar-refractivity contribution in [3.63, 3.8) is 0 Å². The van der Waals surface area contributed by atoms with Gasteiger partial charge in [0.1, 0.15) is 0 Å². The summed E-state index contributed by atoms with van der Waals surface area (Å²) in [4.78, 5) is 37.8. The van der Waals surface area contributed by atoms with E-state index in [0.29, 0.717) is 6.54 Å². The van der Waals surface area contributed by atoms with E-state index in [1.807, 2.05) is 6.07 Å². The van der Waals surface area contributed by atoms with Crippen molar-refractivity contribution in [3.8, 4) is 0 Å². The molecule has 1 aromatic rings. The van der Waals surface area contributed by atoms with E-state index in [2.05, 4.69) is 23.0 Å². The summed E-state index contributed by atoms with van der Waals surface area (Å²) in [5.41, 5.74) is 8.47. The molecule has 0 unspecified atom stereocenters. The molecular formula is C18H21N3O3. The standard InChI is InChI=1S/C18H21N3O3/c22-16-9-14(18(24)20-19-17(23)12-4-5-12)10-21(16)15-7-6-11-2-1-3-13(11)8-15/h6-8,12,14H,1-5,9-10H2,(H,19,23)(H,20,24)/t14-/m0/s1. The van der Waals surface area contributed by atoms with E-state index < -0.39 is 5.92 Å². The topological polar surface area (TPSA) is 78.5 Å². The Morgan fingerprint density at radius 2 is 1.71 bits per heavy atom. The summed E-state index contributed by atoms with van der Waals surface area (Å²) in [6, 6.07) is 6.14. The maximum atomic E-state index is 12.3. The van der Waals surface area contributed by atoms with E-state index in [1.54, 1.807) is 4.90 Å². The number of carbonyl (C=O) groups excluding carboxylic acids is 3. The van der Waals surface area contributed by atoms with Crippen molar-refractivity contribution in [2.75, 3.05) is 11.4 Å². The Morgan fingerprint density at radius 1 is 1.00 bits per heavy atom. The second-order valence-corrected chi connectivity index (χ2v) is 6.96. The molecule has 1 saturated carbocycles. The van der Waals surface area contributed by atoms with E-state index >= 15 is 0 Å². The minimum atomic E-state index is -0.426. The predicted molar refractivity (Wildman–Crippen MR) is 87.9 cm³/mol. The predicted octanol–water partition coefficient (Wildman–Crippen LogP) is 1.09. The van der Waals surface area contributed by atoms with Crippen molar-refractivity contribution in [2.45, 2.75) is 38.5 Å². The van der Waals surface area contributed by atoms with Gasteiger partial charge in [-0.2, -0.15) is 0 Å². The molecule has 0 spiro atoms. The summed E-state index contributed by atoms with van der Waals surface area (Å²) in [5.74, 6) is -0.852. The minimum Gasteiger partial charge on any atom is -0.312 e. The lowest BCUT2D eigenvalue weighted by atomic mass is 10.1. The Bertz CT molecular complexity index is 711. The van der Waals surface area contributed by atoms with Gasteiger partial charge in [-0.1, -0.05) is 6.07 Å². The third kappa shape index (κ3) is 2.88. The lowest BCUT2D eigenvalue weighted by Gasteiger charge is -2.18. The van der Waals surface area contributed by atoms with Crippen LogP contribution in [-0.4, -0.2) is 24.3 Å². The van der Waals surface area contributed by atoms with Gasteiger partial charge >= 0.3 is 0 Å². The highest BCUT2D eigenvalue weighted by atomic mass is 16.2. The smallest absolute Gasteiger partial charge is 0.243 e. The summed E-state index contributed by atoms with van der Waals surface area (Å²) in [6.07, 6.45) is 5.28. The fourth-order valence-corrected chi connectivity index (χ4v) is 3.53. The first kappa shape index (κ1) is 15.2. The Hall–Kier alpha value is -2.37. The zero-order valence-electron chi connectivity index (χ0n) is 13.5. The first-order chi connectivity index (χ1) is 11.6. The molecule has 0 radical (unpaired) electrons. The fraction of sp³-hybridized carbons (Fsp3) is 0.500. The number of anilines is 1. The average molecular weight is 327 g/mol. The van der Waals surface area contributed by atoms with Gasteiger partial charge in [0.05, 0.1) is 5.92 Å². The van der Waals surface area contributed by atoms with Gasteiger partial charge in [-0.15, -0.1) is 0 Å². The molecule has 1 aliphatic heterocycles. The van der Waals surface area contributed by atoms with Crippen LogP contribution in [0.1, 0.15) is 36.8 Å². The molecular weight excluding hydrogens is 306 g/mol. The van der Waals surface area contributed by atoms with Crippen molar-refractivity contribution in [2.24, 2.45) is 11.8 Å². The minimum absolute atomic E-state index is 0.0402. The molecule has 2 aliphatic carbocycles. The molecule has 0 bridgehead atoms. The zero-order valence-corrected chi connectivity index (χ0v) is 13.5. The molecule has 4 rings (SSSR count). The number of fused-ring (bicyclic) bond motifs is 1. The van der Waals surface area contributed by atoms with Crippen LogP contribution in [0.4, 0.5) is 5.69 Å². The van der Waals surface area contributed by atoms with Gasteiger partial charge in [0.15, 0.2) is 0 Å². The molecule has 6 nitrogen and oxygen atoms in total. The van der Waals surface area contributed by atoms with Crippen LogP contribution in [0.2, 0.25) is 0 Å². The number of amides is 3. The number of benzene rings is 1. The van der Waals surface area contributed by atoms with Gasteiger partial charge in [-0.25, -0.2) is 0 Å². The quantitative estimate of drug-likeness (QED) is 0.816. The summed E-state index contributed by atoms with van der Waals surface area (Å²) in [5, 5.41) is 0. The highest BCUT2D eigenvalue weighted by Gasteiger charge is 2.36. The van der Waals surface area contributed by atoms with Gasteiger partial charge in [-0.3, -0.25) is 25.2 Å². The summed E-state index contributed by atoms with van der Waals surface area (Å²) < 4.78 is 0. The summed E-state index contributed by atoms with van der Waals surface area (Å²) >= 11 is 0. The van der Waals surface area contributed by atoms with Gasteiger partial charge in [0, 0.05) is 24.6 Å². The number of hydrogen-bond acceptors (Lipinski definition) is 3. The van der Waals surface area contributed by atoms with Crippen LogP contribution < -0.4 is 15.8 Å². The van der Waals surface area contributed by atoms with Crippen LogP contribution in [-0.2, 0) is 27.2 Å². The van der Waals surface area contributed by atoms with Crippen molar-refractivity contribution < 1.29 is 14.4 Å². The molecule has 2 N–H and O–H groups in total. The Kier molecular flexibility index (Phi) is 3.75. The van der Waals surface area contributed by atoms with Crippen LogP contribution in [0.25, 0.3) is 0 Å². The fourth-order valence-electron chi connectivity index (χ4n) is 3.53.